The van der Waals surface area contributed by atoms with E-state index in [0.717, 1.165) is 19.5 Å². The quantitative estimate of drug-likeness (QED) is 0.679. The van der Waals surface area contributed by atoms with Crippen LogP contribution in [0.25, 0.3) is 0 Å². The SMILES string of the molecule is CCc1ccc(C(=O)N(CCN(CC)CC)CC(=O)Nc2cc(C)on2)cc1. The third-order valence-electron chi connectivity index (χ3n) is 4.71. The van der Waals surface area contributed by atoms with Gasteiger partial charge in [0.25, 0.3) is 5.91 Å². The Balaban J connectivity index is 2.10. The van der Waals surface area contributed by atoms with Gasteiger partial charge in [-0.15, -0.1) is 0 Å². The van der Waals surface area contributed by atoms with Crippen LogP contribution in [-0.2, 0) is 11.2 Å². The Hall–Kier alpha value is -2.67. The van der Waals surface area contributed by atoms with Crippen molar-refractivity contribution in [3.05, 3.63) is 47.2 Å². The van der Waals surface area contributed by atoms with Crippen molar-refractivity contribution < 1.29 is 14.1 Å². The van der Waals surface area contributed by atoms with Crippen LogP contribution in [0.3, 0.4) is 0 Å². The molecule has 0 radical (unpaired) electrons. The van der Waals surface area contributed by atoms with Crippen LogP contribution in [0.5, 0.6) is 0 Å². The molecule has 28 heavy (non-hydrogen) atoms. The van der Waals surface area contributed by atoms with Crippen LogP contribution in [0.1, 0.15) is 42.5 Å². The number of carbonyl (C=O) groups excluding carboxylic acids is 2. The lowest BCUT2D eigenvalue weighted by molar-refractivity contribution is -0.117. The van der Waals surface area contributed by atoms with E-state index in [1.165, 1.54) is 5.56 Å². The molecule has 2 amide bonds. The molecule has 1 aromatic heterocycles. The number of nitrogens with zero attached hydrogens (tertiary/aromatic N) is 3. The van der Waals surface area contributed by atoms with Crippen LogP contribution < -0.4 is 5.32 Å². The van der Waals surface area contributed by atoms with Crippen LogP contribution in [-0.4, -0.2) is 59.5 Å². The Labute approximate surface area is 166 Å². The second-order valence-corrected chi connectivity index (χ2v) is 6.68. The predicted molar refractivity (Wildman–Crippen MR) is 109 cm³/mol. The maximum absolute atomic E-state index is 13.0. The van der Waals surface area contributed by atoms with Gasteiger partial charge in [0.05, 0.1) is 0 Å². The largest absolute Gasteiger partial charge is 0.360 e. The Morgan fingerprint density at radius 1 is 1.07 bits per heavy atom. The smallest absolute Gasteiger partial charge is 0.254 e. The second kappa shape index (κ2) is 10.6. The fourth-order valence-electron chi connectivity index (χ4n) is 2.90. The topological polar surface area (TPSA) is 78.7 Å². The number of amides is 2. The molecule has 0 aliphatic carbocycles. The lowest BCUT2D eigenvalue weighted by Crippen LogP contribution is -2.42. The molecule has 0 atom stereocenters. The number of carbonyl (C=O) groups is 2. The minimum absolute atomic E-state index is 0.0401. The van der Waals surface area contributed by atoms with E-state index in [9.17, 15) is 9.59 Å². The number of anilines is 1. The zero-order valence-electron chi connectivity index (χ0n) is 17.2. The van der Waals surface area contributed by atoms with E-state index < -0.39 is 0 Å². The van der Waals surface area contributed by atoms with E-state index in [4.69, 9.17) is 4.52 Å². The minimum Gasteiger partial charge on any atom is -0.360 e. The zero-order chi connectivity index (χ0) is 20.5. The summed E-state index contributed by atoms with van der Waals surface area (Å²) < 4.78 is 4.97. The molecule has 0 saturated heterocycles. The first-order valence-electron chi connectivity index (χ1n) is 9.80. The van der Waals surface area contributed by atoms with Gasteiger partial charge in [0.2, 0.25) is 5.91 Å². The van der Waals surface area contributed by atoms with E-state index in [0.29, 0.717) is 30.2 Å². The number of nitrogens with one attached hydrogen (secondary N) is 1. The number of aryl methyl sites for hydroxylation is 2. The van der Waals surface area contributed by atoms with Gasteiger partial charge in [0, 0.05) is 24.7 Å². The molecule has 0 unspecified atom stereocenters. The molecule has 1 N–H and O–H groups in total. The molecule has 0 saturated carbocycles. The van der Waals surface area contributed by atoms with Gasteiger partial charge in [-0.2, -0.15) is 0 Å². The van der Waals surface area contributed by atoms with E-state index >= 15 is 0 Å². The molecule has 1 heterocycles. The molecule has 0 fully saturated rings. The van der Waals surface area contributed by atoms with Gasteiger partial charge in [-0.3, -0.25) is 9.59 Å². The number of aromatic nitrogens is 1. The van der Waals surface area contributed by atoms with Crippen molar-refractivity contribution in [2.45, 2.75) is 34.1 Å². The van der Waals surface area contributed by atoms with Gasteiger partial charge in [-0.05, 0) is 44.1 Å². The lowest BCUT2D eigenvalue weighted by Gasteiger charge is -2.26. The third-order valence-corrected chi connectivity index (χ3v) is 4.71. The standard InChI is InChI=1S/C21H30N4O3/c1-5-17-8-10-18(11-9-17)21(27)25(13-12-24(6-2)7-3)15-20(26)22-19-14-16(4)28-23-19/h8-11,14H,5-7,12-13,15H2,1-4H3,(H,22,23,26). The first-order valence-corrected chi connectivity index (χ1v) is 9.80. The minimum atomic E-state index is -0.300. The highest BCUT2D eigenvalue weighted by molar-refractivity contribution is 5.99. The molecule has 2 aromatic rings. The summed E-state index contributed by atoms with van der Waals surface area (Å²) in [6.07, 6.45) is 0.916. The average molecular weight is 386 g/mol. The number of hydrogen-bond acceptors (Lipinski definition) is 5. The van der Waals surface area contributed by atoms with Gasteiger partial charge in [-0.1, -0.05) is 38.1 Å². The zero-order valence-corrected chi connectivity index (χ0v) is 17.2. The molecule has 2 rings (SSSR count). The van der Waals surface area contributed by atoms with Gasteiger partial charge in [-0.25, -0.2) is 0 Å². The Morgan fingerprint density at radius 2 is 1.75 bits per heavy atom. The highest BCUT2D eigenvalue weighted by Gasteiger charge is 2.20. The van der Waals surface area contributed by atoms with E-state index in [2.05, 4.69) is 36.1 Å². The molecular weight excluding hydrogens is 356 g/mol. The summed E-state index contributed by atoms with van der Waals surface area (Å²) in [6.45, 7) is 10.9. The summed E-state index contributed by atoms with van der Waals surface area (Å²) in [5, 5.41) is 6.45. The monoisotopic (exact) mass is 386 g/mol. The summed E-state index contributed by atoms with van der Waals surface area (Å²) in [5.41, 5.74) is 1.76. The van der Waals surface area contributed by atoms with Gasteiger partial charge in [0.15, 0.2) is 5.82 Å². The van der Waals surface area contributed by atoms with Crippen molar-refractivity contribution in [3.8, 4) is 0 Å². The summed E-state index contributed by atoms with van der Waals surface area (Å²) in [4.78, 5) is 29.3. The van der Waals surface area contributed by atoms with Gasteiger partial charge >= 0.3 is 0 Å². The summed E-state index contributed by atoms with van der Waals surface area (Å²) in [7, 11) is 0. The highest BCUT2D eigenvalue weighted by atomic mass is 16.5. The van der Waals surface area contributed by atoms with E-state index in [-0.39, 0.29) is 18.4 Å². The van der Waals surface area contributed by atoms with Crippen molar-refractivity contribution in [1.29, 1.82) is 0 Å². The Bertz CT molecular complexity index is 766. The molecule has 152 valence electrons. The van der Waals surface area contributed by atoms with E-state index in [1.807, 2.05) is 24.3 Å². The Morgan fingerprint density at radius 3 is 2.29 bits per heavy atom. The second-order valence-electron chi connectivity index (χ2n) is 6.68. The average Bonchev–Trinajstić information content (AvgIpc) is 3.11. The summed E-state index contributed by atoms with van der Waals surface area (Å²) in [5.74, 6) is 0.513. The maximum Gasteiger partial charge on any atom is 0.254 e. The van der Waals surface area contributed by atoms with Crippen molar-refractivity contribution in [3.63, 3.8) is 0 Å². The van der Waals surface area contributed by atoms with Crippen LogP contribution in [0, 0.1) is 6.92 Å². The Kier molecular flexibility index (Phi) is 8.19. The van der Waals surface area contributed by atoms with Crippen LogP contribution >= 0.6 is 0 Å². The third kappa shape index (κ3) is 6.20. The number of rotatable bonds is 10. The van der Waals surface area contributed by atoms with Crippen molar-refractivity contribution in [2.24, 2.45) is 0 Å². The summed E-state index contributed by atoms with van der Waals surface area (Å²) >= 11 is 0. The molecule has 0 aliphatic rings. The fraction of sp³-hybridized carbons (Fsp3) is 0.476. The van der Waals surface area contributed by atoms with Crippen molar-refractivity contribution in [2.75, 3.05) is 38.0 Å². The van der Waals surface area contributed by atoms with Crippen LogP contribution in [0.2, 0.25) is 0 Å². The van der Waals surface area contributed by atoms with Crippen LogP contribution in [0.4, 0.5) is 5.82 Å². The first-order chi connectivity index (χ1) is 13.5. The van der Waals surface area contributed by atoms with Crippen molar-refractivity contribution in [1.82, 2.24) is 15.0 Å². The lowest BCUT2D eigenvalue weighted by atomic mass is 10.1. The van der Waals surface area contributed by atoms with Crippen LogP contribution in [0.15, 0.2) is 34.9 Å². The summed E-state index contributed by atoms with van der Waals surface area (Å²) in [6, 6.07) is 9.19. The molecule has 0 bridgehead atoms. The fourth-order valence-corrected chi connectivity index (χ4v) is 2.90. The molecule has 0 spiro atoms. The molecule has 7 nitrogen and oxygen atoms in total. The number of benzene rings is 1. The molecular formula is C21H30N4O3. The molecule has 0 aliphatic heterocycles. The first kappa shape index (κ1) is 21.6. The molecule has 1 aromatic carbocycles. The maximum atomic E-state index is 13.0. The molecule has 7 heteroatoms. The normalized spacial score (nSPS) is 10.9. The number of likely N-dealkylation sites (N-methyl/N-ethyl adjacent to an activating group) is 1. The number of hydrogen-bond donors (Lipinski definition) is 1. The van der Waals surface area contributed by atoms with Gasteiger partial charge < -0.3 is 19.6 Å². The van der Waals surface area contributed by atoms with Gasteiger partial charge in [0.1, 0.15) is 12.3 Å². The predicted octanol–water partition coefficient (Wildman–Crippen LogP) is 2.97. The van der Waals surface area contributed by atoms with E-state index in [1.54, 1.807) is 17.9 Å². The highest BCUT2D eigenvalue weighted by Crippen LogP contribution is 2.10. The van der Waals surface area contributed by atoms with Crippen molar-refractivity contribution >= 4 is 17.6 Å².